The summed E-state index contributed by atoms with van der Waals surface area (Å²) >= 11 is 0. The van der Waals surface area contributed by atoms with E-state index in [1.165, 1.54) is 4.90 Å². The van der Waals surface area contributed by atoms with E-state index in [0.717, 1.165) is 49.2 Å². The second kappa shape index (κ2) is 6.58. The van der Waals surface area contributed by atoms with Gasteiger partial charge in [-0.05, 0) is 17.7 Å². The van der Waals surface area contributed by atoms with Crippen LogP contribution in [0.2, 0.25) is 0 Å². The molecule has 2 amide bonds. The molecule has 0 saturated carbocycles. The number of imide groups is 1. The fraction of sp³-hybridized carbons (Fsp3) is 0.103. The van der Waals surface area contributed by atoms with Gasteiger partial charge in [0.15, 0.2) is 0 Å². The number of amides is 2. The summed E-state index contributed by atoms with van der Waals surface area (Å²) in [6, 6.07) is 26.1. The molecule has 0 saturated heterocycles. The van der Waals surface area contributed by atoms with Crippen LogP contribution in [0.1, 0.15) is 26.3 Å². The predicted octanol–water partition coefficient (Wildman–Crippen LogP) is 5.77. The zero-order chi connectivity index (χ0) is 23.1. The van der Waals surface area contributed by atoms with Crippen molar-refractivity contribution in [3.8, 4) is 0 Å². The number of benzene rings is 4. The van der Waals surface area contributed by atoms with Crippen LogP contribution in [-0.4, -0.2) is 25.8 Å². The Hall–Kier alpha value is -4.38. The van der Waals surface area contributed by atoms with Gasteiger partial charge in [-0.3, -0.25) is 14.5 Å². The van der Waals surface area contributed by atoms with Crippen molar-refractivity contribution in [2.75, 3.05) is 0 Å². The molecule has 164 valence electrons. The van der Waals surface area contributed by atoms with Crippen molar-refractivity contribution in [1.29, 1.82) is 0 Å². The van der Waals surface area contributed by atoms with Crippen molar-refractivity contribution in [1.82, 2.24) is 14.0 Å². The molecule has 34 heavy (non-hydrogen) atoms. The van der Waals surface area contributed by atoms with Crippen molar-refractivity contribution < 1.29 is 9.59 Å². The number of fused-ring (bicyclic) bond motifs is 10. The van der Waals surface area contributed by atoms with Crippen LogP contribution in [0, 0.1) is 0 Å². The summed E-state index contributed by atoms with van der Waals surface area (Å²) in [6.07, 6.45) is 0. The average Bonchev–Trinajstić information content (AvgIpc) is 3.42. The molecule has 1 aliphatic rings. The zero-order valence-corrected chi connectivity index (χ0v) is 18.9. The van der Waals surface area contributed by atoms with Crippen molar-refractivity contribution in [2.24, 2.45) is 14.1 Å². The highest BCUT2D eigenvalue weighted by Crippen LogP contribution is 2.45. The van der Waals surface area contributed by atoms with E-state index in [0.29, 0.717) is 11.1 Å². The first-order chi connectivity index (χ1) is 16.6. The Morgan fingerprint density at radius 3 is 1.53 bits per heavy atom. The van der Waals surface area contributed by atoms with Gasteiger partial charge in [0.05, 0.1) is 28.7 Å². The maximum absolute atomic E-state index is 13.9. The first-order valence-electron chi connectivity index (χ1n) is 11.4. The minimum Gasteiger partial charge on any atom is -0.343 e. The summed E-state index contributed by atoms with van der Waals surface area (Å²) in [6.45, 7) is 0.254. The van der Waals surface area contributed by atoms with Gasteiger partial charge in [-0.15, -0.1) is 0 Å². The van der Waals surface area contributed by atoms with E-state index in [-0.39, 0.29) is 18.4 Å². The van der Waals surface area contributed by atoms with Crippen LogP contribution in [0.4, 0.5) is 0 Å². The highest BCUT2D eigenvalue weighted by atomic mass is 16.2. The van der Waals surface area contributed by atoms with Gasteiger partial charge in [0.2, 0.25) is 0 Å². The molecular weight excluding hydrogens is 422 g/mol. The van der Waals surface area contributed by atoms with Crippen LogP contribution >= 0.6 is 0 Å². The molecule has 5 nitrogen and oxygen atoms in total. The fourth-order valence-corrected chi connectivity index (χ4v) is 5.80. The maximum Gasteiger partial charge on any atom is 0.264 e. The van der Waals surface area contributed by atoms with E-state index in [1.54, 1.807) is 0 Å². The van der Waals surface area contributed by atoms with Gasteiger partial charge < -0.3 is 9.13 Å². The normalized spacial score (nSPS) is 13.8. The van der Waals surface area contributed by atoms with Crippen LogP contribution in [-0.2, 0) is 20.6 Å². The molecule has 1 aliphatic heterocycles. The maximum atomic E-state index is 13.9. The lowest BCUT2D eigenvalue weighted by molar-refractivity contribution is 0.0643. The van der Waals surface area contributed by atoms with Crippen LogP contribution in [0.3, 0.4) is 0 Å². The molecule has 0 N–H and O–H groups in total. The minimum absolute atomic E-state index is 0.230. The van der Waals surface area contributed by atoms with E-state index in [2.05, 4.69) is 33.4 Å². The van der Waals surface area contributed by atoms with Crippen LogP contribution in [0.25, 0.3) is 43.6 Å². The number of aromatic nitrogens is 2. The van der Waals surface area contributed by atoms with Crippen LogP contribution < -0.4 is 0 Å². The Bertz CT molecular complexity index is 1730. The van der Waals surface area contributed by atoms with Crippen molar-refractivity contribution >= 4 is 55.4 Å². The number of para-hydroxylation sites is 2. The van der Waals surface area contributed by atoms with E-state index < -0.39 is 0 Å². The fourth-order valence-electron chi connectivity index (χ4n) is 5.80. The molecule has 0 fully saturated rings. The average molecular weight is 444 g/mol. The first-order valence-corrected chi connectivity index (χ1v) is 11.4. The number of aryl methyl sites for hydroxylation is 2. The quantitative estimate of drug-likeness (QED) is 0.319. The van der Waals surface area contributed by atoms with E-state index in [9.17, 15) is 9.59 Å². The third kappa shape index (κ3) is 2.23. The van der Waals surface area contributed by atoms with Crippen molar-refractivity contribution in [3.63, 3.8) is 0 Å². The number of carbonyl (C=O) groups is 2. The third-order valence-corrected chi connectivity index (χ3v) is 7.29. The van der Waals surface area contributed by atoms with Gasteiger partial charge in [0.1, 0.15) is 0 Å². The number of carbonyl (C=O) groups excluding carboxylic acids is 2. The summed E-state index contributed by atoms with van der Waals surface area (Å²) in [5.74, 6) is -0.459. The number of hydrogen-bond acceptors (Lipinski definition) is 2. The molecule has 6 aromatic rings. The van der Waals surface area contributed by atoms with Gasteiger partial charge in [0.25, 0.3) is 11.8 Å². The van der Waals surface area contributed by atoms with E-state index >= 15 is 0 Å². The molecule has 7 rings (SSSR count). The number of nitrogens with zero attached hydrogens (tertiary/aromatic N) is 3. The second-order valence-electron chi connectivity index (χ2n) is 9.03. The van der Waals surface area contributed by atoms with Gasteiger partial charge in [0, 0.05) is 46.7 Å². The minimum atomic E-state index is -0.230. The van der Waals surface area contributed by atoms with E-state index in [4.69, 9.17) is 0 Å². The van der Waals surface area contributed by atoms with Gasteiger partial charge >= 0.3 is 0 Å². The lowest BCUT2D eigenvalue weighted by Crippen LogP contribution is -2.29. The Balaban J connectivity index is 1.68. The second-order valence-corrected chi connectivity index (χ2v) is 9.03. The summed E-state index contributed by atoms with van der Waals surface area (Å²) in [7, 11) is 3.97. The molecular formula is C29H21N3O2. The summed E-state index contributed by atoms with van der Waals surface area (Å²) < 4.78 is 4.14. The molecule has 0 radical (unpaired) electrons. The summed E-state index contributed by atoms with van der Waals surface area (Å²) in [4.78, 5) is 29.2. The molecule has 0 aliphatic carbocycles. The lowest BCUT2D eigenvalue weighted by Gasteiger charge is -2.13. The monoisotopic (exact) mass is 443 g/mol. The smallest absolute Gasteiger partial charge is 0.264 e. The topological polar surface area (TPSA) is 47.2 Å². The molecule has 2 aromatic heterocycles. The SMILES string of the molecule is Cn1c2ccccc2c2c3c4ccccc4n(C)c3c3c(c21)C(=O)N(Cc1ccccc1)C3=O. The van der Waals surface area contributed by atoms with Crippen molar-refractivity contribution in [2.45, 2.75) is 6.54 Å². The Morgan fingerprint density at radius 1 is 0.588 bits per heavy atom. The van der Waals surface area contributed by atoms with Gasteiger partial charge in [-0.25, -0.2) is 0 Å². The lowest BCUT2D eigenvalue weighted by atomic mass is 9.98. The number of rotatable bonds is 2. The molecule has 0 unspecified atom stereocenters. The van der Waals surface area contributed by atoms with Gasteiger partial charge in [-0.1, -0.05) is 66.7 Å². The molecule has 0 spiro atoms. The molecule has 0 bridgehead atoms. The molecule has 4 aromatic carbocycles. The Labute approximate surface area is 195 Å². The molecule has 0 atom stereocenters. The molecule has 3 heterocycles. The summed E-state index contributed by atoms with van der Waals surface area (Å²) in [5, 5.41) is 4.24. The van der Waals surface area contributed by atoms with Crippen molar-refractivity contribution in [3.05, 3.63) is 95.6 Å². The largest absolute Gasteiger partial charge is 0.343 e. The highest BCUT2D eigenvalue weighted by molar-refractivity contribution is 6.39. The zero-order valence-electron chi connectivity index (χ0n) is 18.9. The standard InChI is InChI=1S/C29H21N3O2/c1-30-20-14-8-6-12-18(20)22-23-19-13-7-9-15-21(19)31(2)27(23)25-24(26(22)30)28(33)32(29(25)34)16-17-10-4-3-5-11-17/h3-15H,16H2,1-2H3. The van der Waals surface area contributed by atoms with Gasteiger partial charge in [-0.2, -0.15) is 0 Å². The van der Waals surface area contributed by atoms with Crippen LogP contribution in [0.5, 0.6) is 0 Å². The number of hydrogen-bond donors (Lipinski definition) is 0. The first kappa shape index (κ1) is 19.1. The third-order valence-electron chi connectivity index (χ3n) is 7.29. The Kier molecular flexibility index (Phi) is 3.70. The predicted molar refractivity (Wildman–Crippen MR) is 135 cm³/mol. The highest BCUT2D eigenvalue weighted by Gasteiger charge is 2.41. The molecule has 5 heteroatoms. The Morgan fingerprint density at radius 2 is 1.03 bits per heavy atom. The summed E-state index contributed by atoms with van der Waals surface area (Å²) in [5.41, 5.74) is 5.69. The van der Waals surface area contributed by atoms with E-state index in [1.807, 2.05) is 68.7 Å². The van der Waals surface area contributed by atoms with Crippen LogP contribution in [0.15, 0.2) is 78.9 Å².